The maximum absolute atomic E-state index is 12.8. The number of ether oxygens (including phenoxy) is 1. The Morgan fingerprint density at radius 1 is 1.02 bits per heavy atom. The molecule has 3 aromatic carbocycles. The highest BCUT2D eigenvalue weighted by atomic mass is 32.2. The zero-order valence-electron chi connectivity index (χ0n) is 22.3. The molecular weight excluding hydrogens is 524 g/mol. The fourth-order valence-corrected chi connectivity index (χ4v) is 5.92. The van der Waals surface area contributed by atoms with Crippen LogP contribution >= 0.6 is 11.8 Å². The average Bonchev–Trinajstić information content (AvgIpc) is 3.25. The Kier molecular flexibility index (Phi) is 8.67. The molecule has 2 fully saturated rings. The third kappa shape index (κ3) is 6.63. The molecule has 2 N–H and O–H groups in total. The molecule has 1 saturated heterocycles. The van der Waals surface area contributed by atoms with E-state index in [1.807, 2.05) is 30.3 Å². The summed E-state index contributed by atoms with van der Waals surface area (Å²) in [6.45, 7) is 0.501. The SMILES string of the molecule is CN1C(=O)/C(=C/c2ccc(OCc3ccc(C4CCCCC4)cc3)cc2)SC1=Nc1ccc(C(O)C(=O)O)cc1. The third-order valence-electron chi connectivity index (χ3n) is 7.31. The molecule has 1 amide bonds. The Hall–Kier alpha value is -3.88. The molecule has 1 aliphatic carbocycles. The highest BCUT2D eigenvalue weighted by Gasteiger charge is 2.30. The summed E-state index contributed by atoms with van der Waals surface area (Å²) < 4.78 is 5.99. The number of likely N-dealkylation sites (N-methyl/N-ethyl adjacent to an activating group) is 1. The lowest BCUT2D eigenvalue weighted by molar-refractivity contribution is -0.147. The number of thioether (sulfide) groups is 1. The molecule has 8 heteroatoms. The number of carboxylic acid groups (broad SMARTS) is 1. The van der Waals surface area contributed by atoms with Gasteiger partial charge in [0.1, 0.15) is 12.4 Å². The number of hydrogen-bond donors (Lipinski definition) is 2. The van der Waals surface area contributed by atoms with Crippen molar-refractivity contribution in [3.63, 3.8) is 0 Å². The van der Waals surface area contributed by atoms with Gasteiger partial charge in [-0.2, -0.15) is 0 Å². The lowest BCUT2D eigenvalue weighted by Gasteiger charge is -2.22. The van der Waals surface area contributed by atoms with E-state index in [2.05, 4.69) is 29.3 Å². The number of amides is 1. The van der Waals surface area contributed by atoms with Gasteiger partial charge in [-0.3, -0.25) is 9.69 Å². The van der Waals surface area contributed by atoms with E-state index in [0.29, 0.717) is 28.3 Å². The van der Waals surface area contributed by atoms with E-state index < -0.39 is 12.1 Å². The van der Waals surface area contributed by atoms with Crippen LogP contribution < -0.4 is 4.74 Å². The molecule has 206 valence electrons. The maximum atomic E-state index is 12.8. The Morgan fingerprint density at radius 2 is 1.70 bits per heavy atom. The van der Waals surface area contributed by atoms with Crippen molar-refractivity contribution in [3.05, 3.63) is 100.0 Å². The number of aliphatic hydroxyl groups excluding tert-OH is 1. The minimum absolute atomic E-state index is 0.154. The maximum Gasteiger partial charge on any atom is 0.337 e. The molecule has 0 radical (unpaired) electrons. The summed E-state index contributed by atoms with van der Waals surface area (Å²) in [6, 6.07) is 22.7. The molecule has 1 heterocycles. The van der Waals surface area contributed by atoms with Gasteiger partial charge in [0.25, 0.3) is 5.91 Å². The molecule has 0 aromatic heterocycles. The summed E-state index contributed by atoms with van der Waals surface area (Å²) >= 11 is 1.27. The first-order chi connectivity index (χ1) is 19.4. The minimum Gasteiger partial charge on any atom is -0.489 e. The molecule has 1 atom stereocenters. The summed E-state index contributed by atoms with van der Waals surface area (Å²) in [7, 11) is 1.66. The first-order valence-electron chi connectivity index (χ1n) is 13.5. The van der Waals surface area contributed by atoms with Crippen molar-refractivity contribution in [2.75, 3.05) is 7.05 Å². The van der Waals surface area contributed by atoms with E-state index in [-0.39, 0.29) is 11.5 Å². The molecule has 7 nitrogen and oxygen atoms in total. The van der Waals surface area contributed by atoms with Crippen LogP contribution in [0.15, 0.2) is 82.7 Å². The number of nitrogens with zero attached hydrogens (tertiary/aromatic N) is 2. The molecule has 1 aliphatic heterocycles. The van der Waals surface area contributed by atoms with Crippen LogP contribution in [0.2, 0.25) is 0 Å². The number of hydrogen-bond acceptors (Lipinski definition) is 6. The van der Waals surface area contributed by atoms with Gasteiger partial charge in [0.15, 0.2) is 11.3 Å². The highest BCUT2D eigenvalue weighted by molar-refractivity contribution is 8.18. The molecule has 5 rings (SSSR count). The number of carbonyl (C=O) groups is 2. The topological polar surface area (TPSA) is 99.4 Å². The predicted molar refractivity (Wildman–Crippen MR) is 158 cm³/mol. The summed E-state index contributed by atoms with van der Waals surface area (Å²) in [4.78, 5) is 30.3. The van der Waals surface area contributed by atoms with Crippen molar-refractivity contribution in [1.29, 1.82) is 0 Å². The van der Waals surface area contributed by atoms with Crippen LogP contribution in [0.3, 0.4) is 0 Å². The zero-order chi connectivity index (χ0) is 28.1. The van der Waals surface area contributed by atoms with Gasteiger partial charge in [-0.25, -0.2) is 9.79 Å². The fraction of sp³-hybridized carbons (Fsp3) is 0.281. The number of benzene rings is 3. The Balaban J connectivity index is 1.18. The van der Waals surface area contributed by atoms with Gasteiger partial charge < -0.3 is 14.9 Å². The van der Waals surface area contributed by atoms with Crippen LogP contribution in [-0.4, -0.2) is 39.2 Å². The van der Waals surface area contributed by atoms with Crippen molar-refractivity contribution in [2.45, 2.75) is 50.7 Å². The quantitative estimate of drug-likeness (QED) is 0.301. The lowest BCUT2D eigenvalue weighted by atomic mass is 9.84. The van der Waals surface area contributed by atoms with E-state index in [1.54, 1.807) is 19.2 Å². The summed E-state index contributed by atoms with van der Waals surface area (Å²) in [5.74, 6) is -0.00713. The number of aliphatic imine (C=N–C) groups is 1. The van der Waals surface area contributed by atoms with E-state index in [4.69, 9.17) is 9.84 Å². The number of carboxylic acids is 1. The number of aliphatic carboxylic acids is 1. The van der Waals surface area contributed by atoms with E-state index in [9.17, 15) is 14.7 Å². The second-order valence-electron chi connectivity index (χ2n) is 10.1. The van der Waals surface area contributed by atoms with Gasteiger partial charge in [-0.05, 0) is 83.1 Å². The number of carbonyl (C=O) groups excluding carboxylic acids is 1. The van der Waals surface area contributed by atoms with Crippen molar-refractivity contribution in [1.82, 2.24) is 4.90 Å². The highest BCUT2D eigenvalue weighted by Crippen LogP contribution is 2.34. The smallest absolute Gasteiger partial charge is 0.337 e. The Bertz CT molecular complexity index is 1410. The largest absolute Gasteiger partial charge is 0.489 e. The summed E-state index contributed by atoms with van der Waals surface area (Å²) in [5.41, 5.74) is 4.27. The standard InChI is InChI=1S/C32H32N2O5S/c1-34-30(36)28(40-32(34)33-26-15-13-25(14-16-26)29(35)31(37)38)19-21-9-17-27(18-10-21)39-20-22-7-11-24(12-8-22)23-5-3-2-4-6-23/h7-19,23,29,35H,2-6,20H2,1H3,(H,37,38)/b28-19-,33-32?. The summed E-state index contributed by atoms with van der Waals surface area (Å²) in [6.07, 6.45) is 6.85. The molecular formula is C32H32N2O5S. The first kappa shape index (κ1) is 27.7. The normalized spacial score (nSPS) is 18.9. The van der Waals surface area contributed by atoms with Gasteiger partial charge in [-0.1, -0.05) is 67.8 Å². The Morgan fingerprint density at radius 3 is 2.35 bits per heavy atom. The second-order valence-corrected chi connectivity index (χ2v) is 11.1. The van der Waals surface area contributed by atoms with Gasteiger partial charge in [-0.15, -0.1) is 0 Å². The molecule has 40 heavy (non-hydrogen) atoms. The molecule has 0 spiro atoms. The minimum atomic E-state index is -1.59. The van der Waals surface area contributed by atoms with E-state index in [1.165, 1.54) is 66.5 Å². The zero-order valence-corrected chi connectivity index (χ0v) is 23.1. The second kappa shape index (κ2) is 12.5. The number of rotatable bonds is 8. The van der Waals surface area contributed by atoms with Crippen LogP contribution in [0.1, 0.15) is 66.4 Å². The van der Waals surface area contributed by atoms with Crippen LogP contribution in [0.25, 0.3) is 6.08 Å². The lowest BCUT2D eigenvalue weighted by Crippen LogP contribution is -2.23. The van der Waals surface area contributed by atoms with Crippen molar-refractivity contribution in [2.24, 2.45) is 4.99 Å². The monoisotopic (exact) mass is 556 g/mol. The van der Waals surface area contributed by atoms with Crippen molar-refractivity contribution < 1.29 is 24.5 Å². The van der Waals surface area contributed by atoms with Gasteiger partial charge in [0.2, 0.25) is 0 Å². The van der Waals surface area contributed by atoms with Gasteiger partial charge in [0.05, 0.1) is 10.6 Å². The van der Waals surface area contributed by atoms with Crippen molar-refractivity contribution >= 4 is 40.6 Å². The first-order valence-corrected chi connectivity index (χ1v) is 14.3. The van der Waals surface area contributed by atoms with E-state index >= 15 is 0 Å². The van der Waals surface area contributed by atoms with Crippen LogP contribution in [0, 0.1) is 0 Å². The van der Waals surface area contributed by atoms with Gasteiger partial charge in [0, 0.05) is 7.05 Å². The Labute approximate surface area is 238 Å². The average molecular weight is 557 g/mol. The van der Waals surface area contributed by atoms with Crippen LogP contribution in [0.4, 0.5) is 5.69 Å². The fourth-order valence-electron chi connectivity index (χ4n) is 4.94. The van der Waals surface area contributed by atoms with Gasteiger partial charge >= 0.3 is 5.97 Å². The molecule has 3 aromatic rings. The molecule has 0 bridgehead atoms. The van der Waals surface area contributed by atoms with Crippen molar-refractivity contribution in [3.8, 4) is 5.75 Å². The summed E-state index contributed by atoms with van der Waals surface area (Å²) in [5, 5.41) is 19.1. The molecule has 2 aliphatic rings. The van der Waals surface area contributed by atoms with Crippen LogP contribution in [0.5, 0.6) is 5.75 Å². The predicted octanol–water partition coefficient (Wildman–Crippen LogP) is 6.67. The molecule has 1 saturated carbocycles. The van der Waals surface area contributed by atoms with E-state index in [0.717, 1.165) is 16.9 Å². The number of aliphatic hydroxyl groups is 1. The third-order valence-corrected chi connectivity index (χ3v) is 8.37. The number of amidine groups is 1. The molecule has 1 unspecified atom stereocenters. The van der Waals surface area contributed by atoms with Crippen LogP contribution in [-0.2, 0) is 16.2 Å².